The molecule has 5 heteroatoms. The van der Waals surface area contributed by atoms with Crippen LogP contribution < -0.4 is 0 Å². The predicted octanol–water partition coefficient (Wildman–Crippen LogP) is 0.913. The standard InChI is InChI=1S/C11H16N4O/c1-3-15-8-9(7-13-15)6-10(16)11-12-4-5-14(11)2/h4-5,7-8,10,16H,3,6H2,1-2H3. The Morgan fingerprint density at radius 3 is 2.88 bits per heavy atom. The molecule has 0 spiro atoms. The molecule has 2 aromatic heterocycles. The van der Waals surface area contributed by atoms with E-state index in [9.17, 15) is 5.11 Å². The van der Waals surface area contributed by atoms with Gasteiger partial charge in [0.15, 0.2) is 0 Å². The van der Waals surface area contributed by atoms with Crippen LogP contribution >= 0.6 is 0 Å². The summed E-state index contributed by atoms with van der Waals surface area (Å²) in [5.41, 5.74) is 1.03. The molecule has 0 aromatic carbocycles. The first-order valence-corrected chi connectivity index (χ1v) is 5.37. The smallest absolute Gasteiger partial charge is 0.137 e. The lowest BCUT2D eigenvalue weighted by atomic mass is 10.1. The quantitative estimate of drug-likeness (QED) is 0.833. The molecule has 5 nitrogen and oxygen atoms in total. The molecule has 0 saturated heterocycles. The van der Waals surface area contributed by atoms with E-state index < -0.39 is 6.10 Å². The van der Waals surface area contributed by atoms with Crippen molar-refractivity contribution in [1.29, 1.82) is 0 Å². The molecule has 86 valence electrons. The first-order valence-electron chi connectivity index (χ1n) is 5.37. The molecule has 1 unspecified atom stereocenters. The summed E-state index contributed by atoms with van der Waals surface area (Å²) in [6, 6.07) is 0. The summed E-state index contributed by atoms with van der Waals surface area (Å²) in [6.07, 6.45) is 7.23. The molecule has 0 aliphatic rings. The maximum absolute atomic E-state index is 10.0. The van der Waals surface area contributed by atoms with Gasteiger partial charge in [-0.2, -0.15) is 5.10 Å². The third-order valence-corrected chi connectivity index (χ3v) is 2.60. The molecule has 1 atom stereocenters. The number of nitrogens with zero attached hydrogens (tertiary/aromatic N) is 4. The number of rotatable bonds is 4. The molecule has 2 rings (SSSR count). The van der Waals surface area contributed by atoms with Gasteiger partial charge in [-0.1, -0.05) is 0 Å². The molecule has 0 bridgehead atoms. The highest BCUT2D eigenvalue weighted by Gasteiger charge is 2.13. The summed E-state index contributed by atoms with van der Waals surface area (Å²) in [6.45, 7) is 2.88. The Labute approximate surface area is 94.4 Å². The lowest BCUT2D eigenvalue weighted by Gasteiger charge is -2.08. The fraction of sp³-hybridized carbons (Fsp3) is 0.455. The van der Waals surface area contributed by atoms with Gasteiger partial charge in [-0.3, -0.25) is 4.68 Å². The molecule has 0 fully saturated rings. The van der Waals surface area contributed by atoms with Crippen LogP contribution in [-0.4, -0.2) is 24.4 Å². The van der Waals surface area contributed by atoms with Gasteiger partial charge in [0.1, 0.15) is 11.9 Å². The van der Waals surface area contributed by atoms with Crippen molar-refractivity contribution in [3.05, 3.63) is 36.2 Å². The van der Waals surface area contributed by atoms with Crippen LogP contribution in [0.1, 0.15) is 24.4 Å². The molecule has 16 heavy (non-hydrogen) atoms. The second kappa shape index (κ2) is 4.49. The summed E-state index contributed by atoms with van der Waals surface area (Å²) in [4.78, 5) is 4.12. The first-order chi connectivity index (χ1) is 7.70. The average Bonchev–Trinajstić information content (AvgIpc) is 2.86. The van der Waals surface area contributed by atoms with Gasteiger partial charge in [0, 0.05) is 38.6 Å². The SMILES string of the molecule is CCn1cc(CC(O)c2nccn2C)cn1. The van der Waals surface area contributed by atoms with Crippen molar-refractivity contribution in [2.75, 3.05) is 0 Å². The Kier molecular flexibility index (Phi) is 3.05. The number of aromatic nitrogens is 4. The lowest BCUT2D eigenvalue weighted by molar-refractivity contribution is 0.165. The zero-order valence-electron chi connectivity index (χ0n) is 9.54. The molecule has 2 aromatic rings. The van der Waals surface area contributed by atoms with Crippen molar-refractivity contribution in [3.8, 4) is 0 Å². The highest BCUT2D eigenvalue weighted by atomic mass is 16.3. The zero-order chi connectivity index (χ0) is 11.5. The Balaban J connectivity index is 2.07. The minimum Gasteiger partial charge on any atom is -0.385 e. The molecule has 0 saturated carbocycles. The molecular formula is C11H16N4O. The van der Waals surface area contributed by atoms with E-state index in [0.29, 0.717) is 12.2 Å². The molecule has 0 aliphatic carbocycles. The van der Waals surface area contributed by atoms with E-state index in [1.54, 1.807) is 12.4 Å². The van der Waals surface area contributed by atoms with Crippen LogP contribution in [0.15, 0.2) is 24.8 Å². The van der Waals surface area contributed by atoms with Crippen LogP contribution in [0.25, 0.3) is 0 Å². The minimum atomic E-state index is -0.575. The third kappa shape index (κ3) is 2.14. The van der Waals surface area contributed by atoms with Crippen molar-refractivity contribution in [2.24, 2.45) is 7.05 Å². The van der Waals surface area contributed by atoms with Gasteiger partial charge in [0.2, 0.25) is 0 Å². The minimum absolute atomic E-state index is 0.546. The fourth-order valence-electron chi connectivity index (χ4n) is 1.70. The van der Waals surface area contributed by atoms with Gasteiger partial charge < -0.3 is 9.67 Å². The van der Waals surface area contributed by atoms with Crippen LogP contribution in [0.3, 0.4) is 0 Å². The first kappa shape index (κ1) is 10.9. The third-order valence-electron chi connectivity index (χ3n) is 2.60. The number of aliphatic hydroxyl groups excluding tert-OH is 1. The maximum atomic E-state index is 10.0. The van der Waals surface area contributed by atoms with E-state index in [2.05, 4.69) is 10.1 Å². The maximum Gasteiger partial charge on any atom is 0.137 e. The van der Waals surface area contributed by atoms with Crippen LogP contribution in [-0.2, 0) is 20.0 Å². The lowest BCUT2D eigenvalue weighted by Crippen LogP contribution is -2.07. The molecule has 0 radical (unpaired) electrons. The van der Waals surface area contributed by atoms with Crippen molar-refractivity contribution in [1.82, 2.24) is 19.3 Å². The van der Waals surface area contributed by atoms with Gasteiger partial charge in [-0.05, 0) is 12.5 Å². The Morgan fingerprint density at radius 1 is 1.50 bits per heavy atom. The Bertz CT molecular complexity index is 460. The normalized spacial score (nSPS) is 12.9. The molecule has 2 heterocycles. The molecule has 0 aliphatic heterocycles. The topological polar surface area (TPSA) is 55.9 Å². The largest absolute Gasteiger partial charge is 0.385 e. The zero-order valence-corrected chi connectivity index (χ0v) is 9.54. The van der Waals surface area contributed by atoms with Gasteiger partial charge in [-0.25, -0.2) is 4.98 Å². The van der Waals surface area contributed by atoms with E-state index in [1.165, 1.54) is 0 Å². The number of hydrogen-bond donors (Lipinski definition) is 1. The van der Waals surface area contributed by atoms with E-state index in [1.807, 2.05) is 35.6 Å². The van der Waals surface area contributed by atoms with Gasteiger partial charge in [0.25, 0.3) is 0 Å². The molecular weight excluding hydrogens is 204 g/mol. The average molecular weight is 220 g/mol. The second-order valence-corrected chi connectivity index (χ2v) is 3.82. The van der Waals surface area contributed by atoms with Crippen LogP contribution in [0, 0.1) is 0 Å². The molecule has 0 amide bonds. The van der Waals surface area contributed by atoms with E-state index >= 15 is 0 Å². The number of aliphatic hydroxyl groups is 1. The highest BCUT2D eigenvalue weighted by molar-refractivity contribution is 5.09. The summed E-state index contributed by atoms with van der Waals surface area (Å²) in [7, 11) is 1.88. The Hall–Kier alpha value is -1.62. The van der Waals surface area contributed by atoms with Gasteiger partial charge in [-0.15, -0.1) is 0 Å². The summed E-state index contributed by atoms with van der Waals surface area (Å²) >= 11 is 0. The predicted molar refractivity (Wildman–Crippen MR) is 59.8 cm³/mol. The van der Waals surface area contributed by atoms with Gasteiger partial charge >= 0.3 is 0 Å². The summed E-state index contributed by atoms with van der Waals surface area (Å²) in [5.74, 6) is 0.684. The van der Waals surface area contributed by atoms with Crippen molar-refractivity contribution in [2.45, 2.75) is 26.0 Å². The van der Waals surface area contributed by atoms with E-state index in [0.717, 1.165) is 12.1 Å². The highest BCUT2D eigenvalue weighted by Crippen LogP contribution is 2.15. The van der Waals surface area contributed by atoms with Crippen molar-refractivity contribution >= 4 is 0 Å². The van der Waals surface area contributed by atoms with Crippen LogP contribution in [0.5, 0.6) is 0 Å². The number of aryl methyl sites for hydroxylation is 2. The van der Waals surface area contributed by atoms with E-state index in [4.69, 9.17) is 0 Å². The van der Waals surface area contributed by atoms with E-state index in [-0.39, 0.29) is 0 Å². The Morgan fingerprint density at radius 2 is 2.31 bits per heavy atom. The summed E-state index contributed by atoms with van der Waals surface area (Å²) < 4.78 is 3.68. The van der Waals surface area contributed by atoms with Gasteiger partial charge in [0.05, 0.1) is 6.20 Å². The van der Waals surface area contributed by atoms with Crippen LogP contribution in [0.2, 0.25) is 0 Å². The van der Waals surface area contributed by atoms with Crippen molar-refractivity contribution in [3.63, 3.8) is 0 Å². The number of imidazole rings is 1. The monoisotopic (exact) mass is 220 g/mol. The second-order valence-electron chi connectivity index (χ2n) is 3.82. The number of hydrogen-bond acceptors (Lipinski definition) is 3. The summed E-state index contributed by atoms with van der Waals surface area (Å²) in [5, 5.41) is 14.2. The van der Waals surface area contributed by atoms with Crippen molar-refractivity contribution < 1.29 is 5.11 Å². The molecule has 1 N–H and O–H groups in total. The fourth-order valence-corrected chi connectivity index (χ4v) is 1.70. The van der Waals surface area contributed by atoms with Crippen LogP contribution in [0.4, 0.5) is 0 Å².